The molecule has 0 unspecified atom stereocenters. The number of hydrogen-bond donors (Lipinski definition) is 2. The summed E-state index contributed by atoms with van der Waals surface area (Å²) in [5, 5.41) is 6.39. The molecule has 0 atom stereocenters. The quantitative estimate of drug-likeness (QED) is 0.172. The van der Waals surface area contributed by atoms with Crippen molar-refractivity contribution in [3.05, 3.63) is 95.2 Å². The van der Waals surface area contributed by atoms with E-state index < -0.39 is 5.91 Å². The maximum Gasteiger partial charge on any atom is 0.250 e. The summed E-state index contributed by atoms with van der Waals surface area (Å²) >= 11 is 11.6. The average molecular weight is 544 g/mol. The third kappa shape index (κ3) is 5.61. The first-order valence-corrected chi connectivity index (χ1v) is 12.4. The number of carbonyl (C=O) groups is 1. The monoisotopic (exact) mass is 543 g/mol. The Labute approximate surface area is 229 Å². The molecule has 0 saturated carbocycles. The van der Waals surface area contributed by atoms with Gasteiger partial charge >= 0.3 is 0 Å². The summed E-state index contributed by atoms with van der Waals surface area (Å²) in [4.78, 5) is 17.0. The fourth-order valence-electron chi connectivity index (χ4n) is 3.74. The Morgan fingerprint density at radius 3 is 2.63 bits per heavy atom. The average Bonchev–Trinajstić information content (AvgIpc) is 3.56. The van der Waals surface area contributed by atoms with Crippen molar-refractivity contribution in [1.82, 2.24) is 10.3 Å². The lowest BCUT2D eigenvalue weighted by atomic mass is 10.1. The summed E-state index contributed by atoms with van der Waals surface area (Å²) in [6.07, 6.45) is 2.90. The van der Waals surface area contributed by atoms with Gasteiger partial charge in [0.1, 0.15) is 22.8 Å². The number of furan rings is 1. The number of anilines is 1. The number of halogens is 1. The van der Waals surface area contributed by atoms with Crippen LogP contribution >= 0.6 is 23.8 Å². The Morgan fingerprint density at radius 1 is 1.03 bits per heavy atom. The van der Waals surface area contributed by atoms with Crippen LogP contribution in [0.1, 0.15) is 11.3 Å². The van der Waals surface area contributed by atoms with Crippen LogP contribution in [0.25, 0.3) is 40.0 Å². The molecule has 0 spiro atoms. The molecule has 5 aromatic rings. The SMILES string of the molecule is COc1ccc(-c2nc3ccccc3o2)cc1NC(=S)NC(=O)/C=C/c1ccc(-c2ccc(C)c(Cl)c2)o1. The Hall–Kier alpha value is -4.40. The molecule has 2 heterocycles. The molecule has 0 aliphatic carbocycles. The van der Waals surface area contributed by atoms with Gasteiger partial charge in [-0.05, 0) is 79.3 Å². The van der Waals surface area contributed by atoms with Crippen molar-refractivity contribution >= 4 is 57.7 Å². The lowest BCUT2D eigenvalue weighted by Gasteiger charge is -2.13. The second-order valence-electron chi connectivity index (χ2n) is 8.34. The number of aryl methyl sites for hydroxylation is 1. The van der Waals surface area contributed by atoms with Gasteiger partial charge in [0, 0.05) is 22.2 Å². The van der Waals surface area contributed by atoms with E-state index in [-0.39, 0.29) is 5.11 Å². The summed E-state index contributed by atoms with van der Waals surface area (Å²) in [5.41, 5.74) is 4.56. The highest BCUT2D eigenvalue weighted by Crippen LogP contribution is 2.32. The Balaban J connectivity index is 1.25. The van der Waals surface area contributed by atoms with Gasteiger partial charge in [-0.3, -0.25) is 10.1 Å². The topological polar surface area (TPSA) is 89.5 Å². The number of nitrogens with one attached hydrogen (secondary N) is 2. The number of ether oxygens (including phenoxy) is 1. The molecule has 0 aliphatic heterocycles. The normalized spacial score (nSPS) is 11.1. The number of hydrogen-bond acceptors (Lipinski definition) is 6. The van der Waals surface area contributed by atoms with Crippen LogP contribution in [0.2, 0.25) is 5.02 Å². The van der Waals surface area contributed by atoms with E-state index in [9.17, 15) is 4.79 Å². The lowest BCUT2D eigenvalue weighted by molar-refractivity contribution is -0.115. The van der Waals surface area contributed by atoms with Crippen LogP contribution in [0.5, 0.6) is 5.75 Å². The van der Waals surface area contributed by atoms with E-state index in [4.69, 9.17) is 37.4 Å². The maximum absolute atomic E-state index is 12.5. The molecule has 3 aromatic carbocycles. The molecule has 0 radical (unpaired) electrons. The highest BCUT2D eigenvalue weighted by molar-refractivity contribution is 7.80. The van der Waals surface area contributed by atoms with E-state index in [2.05, 4.69) is 15.6 Å². The minimum absolute atomic E-state index is 0.0992. The lowest BCUT2D eigenvalue weighted by Crippen LogP contribution is -2.32. The van der Waals surface area contributed by atoms with Crippen LogP contribution < -0.4 is 15.4 Å². The Morgan fingerprint density at radius 2 is 1.84 bits per heavy atom. The molecule has 0 aliphatic rings. The number of para-hydroxylation sites is 2. The van der Waals surface area contributed by atoms with Crippen molar-refractivity contribution < 1.29 is 18.4 Å². The summed E-state index contributed by atoms with van der Waals surface area (Å²) in [6, 6.07) is 22.2. The van der Waals surface area contributed by atoms with E-state index in [1.807, 2.05) is 61.5 Å². The first-order valence-electron chi connectivity index (χ1n) is 11.6. The van der Waals surface area contributed by atoms with E-state index in [1.165, 1.54) is 6.08 Å². The molecule has 0 fully saturated rings. The number of nitrogens with zero attached hydrogens (tertiary/aromatic N) is 1. The van der Waals surface area contributed by atoms with Gasteiger partial charge in [0.05, 0.1) is 12.8 Å². The zero-order valence-electron chi connectivity index (χ0n) is 20.4. The zero-order chi connectivity index (χ0) is 26.6. The minimum atomic E-state index is -0.423. The summed E-state index contributed by atoms with van der Waals surface area (Å²) < 4.78 is 17.1. The van der Waals surface area contributed by atoms with E-state index >= 15 is 0 Å². The third-order valence-corrected chi connectivity index (χ3v) is 6.32. The standard InChI is InChI=1S/C29H22ClN3O4S/c1-17-7-8-18(15-21(17)30)24-13-10-20(36-24)11-14-27(34)33-29(38)32-23-16-19(9-12-25(23)35-2)28-31-22-5-3-4-6-26(22)37-28/h3-16H,1-2H3,(H2,32,33,34,38)/b14-11+. The van der Waals surface area contributed by atoms with Gasteiger partial charge in [0.15, 0.2) is 10.7 Å². The van der Waals surface area contributed by atoms with Gasteiger partial charge in [-0.1, -0.05) is 35.9 Å². The molecule has 0 saturated heterocycles. The number of methoxy groups -OCH3 is 1. The Bertz CT molecular complexity index is 1660. The summed E-state index contributed by atoms with van der Waals surface area (Å²) in [5.74, 6) is 1.73. The van der Waals surface area contributed by atoms with Crippen molar-refractivity contribution in [2.45, 2.75) is 6.92 Å². The molecule has 2 aromatic heterocycles. The van der Waals surface area contributed by atoms with Crippen LogP contribution in [0, 0.1) is 6.92 Å². The number of oxazole rings is 1. The first kappa shape index (κ1) is 25.3. The van der Waals surface area contributed by atoms with Crippen molar-refractivity contribution in [1.29, 1.82) is 0 Å². The number of amides is 1. The largest absolute Gasteiger partial charge is 0.495 e. The number of benzene rings is 3. The minimum Gasteiger partial charge on any atom is -0.495 e. The maximum atomic E-state index is 12.5. The van der Waals surface area contributed by atoms with Crippen LogP contribution in [-0.2, 0) is 4.79 Å². The number of fused-ring (bicyclic) bond motifs is 1. The van der Waals surface area contributed by atoms with Crippen molar-refractivity contribution in [3.63, 3.8) is 0 Å². The van der Waals surface area contributed by atoms with Gasteiger partial charge in [-0.25, -0.2) is 4.98 Å². The van der Waals surface area contributed by atoms with Gasteiger partial charge in [-0.15, -0.1) is 0 Å². The van der Waals surface area contributed by atoms with E-state index in [0.29, 0.717) is 39.5 Å². The van der Waals surface area contributed by atoms with E-state index in [0.717, 1.165) is 22.2 Å². The second-order valence-corrected chi connectivity index (χ2v) is 9.16. The molecule has 5 rings (SSSR count). The molecular formula is C29H22ClN3O4S. The van der Waals surface area contributed by atoms with Gasteiger partial charge in [0.25, 0.3) is 0 Å². The molecule has 7 nitrogen and oxygen atoms in total. The molecular weight excluding hydrogens is 522 g/mol. The number of thiocarbonyl (C=S) groups is 1. The first-order chi connectivity index (χ1) is 18.4. The van der Waals surface area contributed by atoms with Gasteiger partial charge < -0.3 is 18.9 Å². The van der Waals surface area contributed by atoms with Crippen LogP contribution in [0.3, 0.4) is 0 Å². The second kappa shape index (κ2) is 10.9. The smallest absolute Gasteiger partial charge is 0.250 e. The highest BCUT2D eigenvalue weighted by Gasteiger charge is 2.13. The predicted molar refractivity (Wildman–Crippen MR) is 153 cm³/mol. The predicted octanol–water partition coefficient (Wildman–Crippen LogP) is 7.25. The Kier molecular flexibility index (Phi) is 7.26. The molecule has 2 N–H and O–H groups in total. The molecule has 190 valence electrons. The molecule has 38 heavy (non-hydrogen) atoms. The van der Waals surface area contributed by atoms with Crippen molar-refractivity contribution in [3.8, 4) is 28.5 Å². The molecule has 9 heteroatoms. The summed E-state index contributed by atoms with van der Waals surface area (Å²) in [6.45, 7) is 1.94. The fourth-order valence-corrected chi connectivity index (χ4v) is 4.13. The number of aromatic nitrogens is 1. The third-order valence-electron chi connectivity index (χ3n) is 5.71. The molecule has 0 bridgehead atoms. The van der Waals surface area contributed by atoms with Crippen LogP contribution in [-0.4, -0.2) is 23.1 Å². The van der Waals surface area contributed by atoms with Gasteiger partial charge in [0.2, 0.25) is 11.8 Å². The van der Waals surface area contributed by atoms with Crippen LogP contribution in [0.15, 0.2) is 87.7 Å². The number of rotatable bonds is 6. The van der Waals surface area contributed by atoms with Gasteiger partial charge in [-0.2, -0.15) is 0 Å². The van der Waals surface area contributed by atoms with E-state index in [1.54, 1.807) is 31.4 Å². The highest BCUT2D eigenvalue weighted by atomic mass is 35.5. The van der Waals surface area contributed by atoms with Crippen LogP contribution in [0.4, 0.5) is 5.69 Å². The zero-order valence-corrected chi connectivity index (χ0v) is 22.0. The summed E-state index contributed by atoms with van der Waals surface area (Å²) in [7, 11) is 1.55. The van der Waals surface area contributed by atoms with Crippen molar-refractivity contribution in [2.24, 2.45) is 0 Å². The fraction of sp³-hybridized carbons (Fsp3) is 0.0690. The molecule has 1 amide bonds. The number of carbonyl (C=O) groups excluding carboxylic acids is 1. The van der Waals surface area contributed by atoms with Crippen molar-refractivity contribution in [2.75, 3.05) is 12.4 Å².